The predicted molar refractivity (Wildman–Crippen MR) is 57.0 cm³/mol. The Morgan fingerprint density at radius 1 is 1.50 bits per heavy atom. The zero-order valence-electron chi connectivity index (χ0n) is 9.42. The minimum atomic E-state index is 0.207. The summed E-state index contributed by atoms with van der Waals surface area (Å²) < 4.78 is 0. The van der Waals surface area contributed by atoms with E-state index in [4.69, 9.17) is 0 Å². The van der Waals surface area contributed by atoms with Crippen LogP contribution in [0.25, 0.3) is 0 Å². The summed E-state index contributed by atoms with van der Waals surface area (Å²) in [7, 11) is 0. The maximum atomic E-state index is 11.4. The van der Waals surface area contributed by atoms with E-state index >= 15 is 0 Å². The monoisotopic (exact) mass is 199 g/mol. The van der Waals surface area contributed by atoms with Gasteiger partial charge in [-0.1, -0.05) is 13.8 Å². The van der Waals surface area contributed by atoms with Crippen molar-refractivity contribution in [1.29, 1.82) is 0 Å². The lowest BCUT2D eigenvalue weighted by molar-refractivity contribution is -0.127. The molecule has 1 aliphatic heterocycles. The molecule has 0 radical (unpaired) electrons. The SMILES string of the molecule is CCN(CC)CCN1C(=O)CNC1C. The molecule has 1 amide bonds. The molecule has 82 valence electrons. The number of likely N-dealkylation sites (N-methyl/N-ethyl adjacent to an activating group) is 1. The minimum Gasteiger partial charge on any atom is -0.325 e. The molecule has 4 nitrogen and oxygen atoms in total. The molecular weight excluding hydrogens is 178 g/mol. The first kappa shape index (κ1) is 11.5. The van der Waals surface area contributed by atoms with Gasteiger partial charge in [0, 0.05) is 13.1 Å². The molecule has 1 rings (SSSR count). The van der Waals surface area contributed by atoms with Crippen LogP contribution in [0, 0.1) is 0 Å². The average molecular weight is 199 g/mol. The summed E-state index contributed by atoms with van der Waals surface area (Å²) in [6, 6.07) is 0. The summed E-state index contributed by atoms with van der Waals surface area (Å²) in [6.45, 7) is 10.8. The first-order valence-corrected chi connectivity index (χ1v) is 5.44. The van der Waals surface area contributed by atoms with Crippen molar-refractivity contribution in [2.75, 3.05) is 32.7 Å². The fourth-order valence-corrected chi connectivity index (χ4v) is 1.77. The molecule has 1 heterocycles. The molecule has 0 aromatic rings. The zero-order valence-corrected chi connectivity index (χ0v) is 9.42. The Kier molecular flexibility index (Phi) is 4.35. The maximum Gasteiger partial charge on any atom is 0.237 e. The van der Waals surface area contributed by atoms with Crippen molar-refractivity contribution in [2.45, 2.75) is 26.9 Å². The van der Waals surface area contributed by atoms with E-state index in [1.54, 1.807) is 0 Å². The predicted octanol–water partition coefficient (Wildman–Crippen LogP) is 0.106. The molecule has 14 heavy (non-hydrogen) atoms. The molecule has 0 aromatic heterocycles. The van der Waals surface area contributed by atoms with Gasteiger partial charge in [-0.15, -0.1) is 0 Å². The van der Waals surface area contributed by atoms with Gasteiger partial charge in [-0.25, -0.2) is 0 Å². The molecule has 0 saturated carbocycles. The van der Waals surface area contributed by atoms with E-state index in [2.05, 4.69) is 24.1 Å². The van der Waals surface area contributed by atoms with Crippen LogP contribution in [-0.2, 0) is 4.79 Å². The van der Waals surface area contributed by atoms with Gasteiger partial charge in [0.05, 0.1) is 12.7 Å². The van der Waals surface area contributed by atoms with Crippen molar-refractivity contribution in [2.24, 2.45) is 0 Å². The fourth-order valence-electron chi connectivity index (χ4n) is 1.77. The van der Waals surface area contributed by atoms with Crippen LogP contribution in [-0.4, -0.2) is 54.6 Å². The molecule has 0 aromatic carbocycles. The molecule has 0 bridgehead atoms. The summed E-state index contributed by atoms with van der Waals surface area (Å²) >= 11 is 0. The molecule has 1 aliphatic rings. The van der Waals surface area contributed by atoms with Crippen molar-refractivity contribution >= 4 is 5.91 Å². The molecule has 1 atom stereocenters. The van der Waals surface area contributed by atoms with E-state index in [0.717, 1.165) is 26.2 Å². The third kappa shape index (κ3) is 2.69. The van der Waals surface area contributed by atoms with Gasteiger partial charge in [0.15, 0.2) is 0 Å². The quantitative estimate of drug-likeness (QED) is 0.682. The second kappa shape index (κ2) is 5.32. The smallest absolute Gasteiger partial charge is 0.237 e. The number of nitrogens with one attached hydrogen (secondary N) is 1. The van der Waals surface area contributed by atoms with Crippen LogP contribution < -0.4 is 5.32 Å². The first-order chi connectivity index (χ1) is 6.69. The summed E-state index contributed by atoms with van der Waals surface area (Å²) in [5.41, 5.74) is 0. The number of nitrogens with zero attached hydrogens (tertiary/aromatic N) is 2. The number of amides is 1. The number of hydrogen-bond donors (Lipinski definition) is 1. The van der Waals surface area contributed by atoms with Crippen molar-refractivity contribution < 1.29 is 4.79 Å². The highest BCUT2D eigenvalue weighted by Gasteiger charge is 2.26. The number of carbonyl (C=O) groups excluding carboxylic acids is 1. The molecule has 4 heteroatoms. The third-order valence-electron chi connectivity index (χ3n) is 2.89. The highest BCUT2D eigenvalue weighted by molar-refractivity contribution is 5.80. The molecule has 1 unspecified atom stereocenters. The highest BCUT2D eigenvalue weighted by atomic mass is 16.2. The summed E-state index contributed by atoms with van der Waals surface area (Å²) in [5.74, 6) is 0.227. The lowest BCUT2D eigenvalue weighted by Crippen LogP contribution is -2.40. The van der Waals surface area contributed by atoms with Crippen molar-refractivity contribution in [3.05, 3.63) is 0 Å². The van der Waals surface area contributed by atoms with E-state index < -0.39 is 0 Å². The lowest BCUT2D eigenvalue weighted by atomic mass is 10.4. The van der Waals surface area contributed by atoms with E-state index in [1.165, 1.54) is 0 Å². The minimum absolute atomic E-state index is 0.207. The van der Waals surface area contributed by atoms with Crippen molar-refractivity contribution in [3.63, 3.8) is 0 Å². The Labute approximate surface area is 86.2 Å². The number of hydrogen-bond acceptors (Lipinski definition) is 3. The average Bonchev–Trinajstić information content (AvgIpc) is 2.50. The van der Waals surface area contributed by atoms with Gasteiger partial charge in [-0.05, 0) is 20.0 Å². The van der Waals surface area contributed by atoms with Crippen LogP contribution in [0.2, 0.25) is 0 Å². The number of rotatable bonds is 5. The Bertz CT molecular complexity index is 192. The van der Waals surface area contributed by atoms with E-state index in [-0.39, 0.29) is 12.1 Å². The van der Waals surface area contributed by atoms with Crippen LogP contribution in [0.4, 0.5) is 0 Å². The van der Waals surface area contributed by atoms with E-state index in [1.807, 2.05) is 11.8 Å². The fraction of sp³-hybridized carbons (Fsp3) is 0.900. The van der Waals surface area contributed by atoms with Gasteiger partial charge in [0.2, 0.25) is 5.91 Å². The maximum absolute atomic E-state index is 11.4. The van der Waals surface area contributed by atoms with Crippen LogP contribution >= 0.6 is 0 Å². The largest absolute Gasteiger partial charge is 0.325 e. The van der Waals surface area contributed by atoms with Gasteiger partial charge in [0.25, 0.3) is 0 Å². The standard InChI is InChI=1S/C10H21N3O/c1-4-12(5-2)6-7-13-9(3)11-8-10(13)14/h9,11H,4-8H2,1-3H3. The molecule has 1 N–H and O–H groups in total. The van der Waals surface area contributed by atoms with Crippen LogP contribution in [0.1, 0.15) is 20.8 Å². The van der Waals surface area contributed by atoms with Gasteiger partial charge in [-0.2, -0.15) is 0 Å². The van der Waals surface area contributed by atoms with E-state index in [0.29, 0.717) is 6.54 Å². The summed E-state index contributed by atoms with van der Waals surface area (Å²) in [6.07, 6.45) is 0.207. The molecule has 1 fully saturated rings. The van der Waals surface area contributed by atoms with Crippen LogP contribution in [0.15, 0.2) is 0 Å². The summed E-state index contributed by atoms with van der Waals surface area (Å²) in [4.78, 5) is 15.7. The highest BCUT2D eigenvalue weighted by Crippen LogP contribution is 2.03. The molecular formula is C10H21N3O. The second-order valence-electron chi connectivity index (χ2n) is 3.67. The molecule has 0 aliphatic carbocycles. The Morgan fingerprint density at radius 2 is 2.14 bits per heavy atom. The van der Waals surface area contributed by atoms with Gasteiger partial charge < -0.3 is 9.80 Å². The van der Waals surface area contributed by atoms with Gasteiger partial charge in [-0.3, -0.25) is 10.1 Å². The summed E-state index contributed by atoms with van der Waals surface area (Å²) in [5, 5.41) is 3.14. The Morgan fingerprint density at radius 3 is 2.57 bits per heavy atom. The zero-order chi connectivity index (χ0) is 10.6. The topological polar surface area (TPSA) is 35.6 Å². The van der Waals surface area contributed by atoms with Crippen molar-refractivity contribution in [1.82, 2.24) is 15.1 Å². The molecule has 1 saturated heterocycles. The number of carbonyl (C=O) groups is 1. The molecule has 0 spiro atoms. The lowest BCUT2D eigenvalue weighted by Gasteiger charge is -2.25. The normalized spacial score (nSPS) is 22.4. The van der Waals surface area contributed by atoms with Crippen LogP contribution in [0.5, 0.6) is 0 Å². The Balaban J connectivity index is 2.32. The third-order valence-corrected chi connectivity index (χ3v) is 2.89. The van der Waals surface area contributed by atoms with Gasteiger partial charge >= 0.3 is 0 Å². The van der Waals surface area contributed by atoms with Crippen molar-refractivity contribution in [3.8, 4) is 0 Å². The van der Waals surface area contributed by atoms with E-state index in [9.17, 15) is 4.79 Å². The van der Waals surface area contributed by atoms with Gasteiger partial charge in [0.1, 0.15) is 0 Å². The Hall–Kier alpha value is -0.610. The van der Waals surface area contributed by atoms with Crippen LogP contribution in [0.3, 0.4) is 0 Å². The second-order valence-corrected chi connectivity index (χ2v) is 3.67. The first-order valence-electron chi connectivity index (χ1n) is 5.44.